The Balaban J connectivity index is 1.76. The first kappa shape index (κ1) is 18.4. The molecule has 0 radical (unpaired) electrons. The van der Waals surface area contributed by atoms with E-state index in [1.807, 2.05) is 18.2 Å². The van der Waals surface area contributed by atoms with Gasteiger partial charge in [-0.25, -0.2) is 0 Å². The van der Waals surface area contributed by atoms with Crippen molar-refractivity contribution in [3.63, 3.8) is 0 Å². The quantitative estimate of drug-likeness (QED) is 0.820. The maximum absolute atomic E-state index is 12.9. The highest BCUT2D eigenvalue weighted by Crippen LogP contribution is 2.27. The minimum absolute atomic E-state index is 0.0834. The van der Waals surface area contributed by atoms with E-state index >= 15 is 0 Å². The molecule has 0 unspecified atom stereocenters. The predicted octanol–water partition coefficient (Wildman–Crippen LogP) is 2.97. The summed E-state index contributed by atoms with van der Waals surface area (Å²) in [5.41, 5.74) is 4.02. The maximum atomic E-state index is 12.9. The van der Waals surface area contributed by atoms with Gasteiger partial charge in [0, 0.05) is 37.0 Å². The van der Waals surface area contributed by atoms with Crippen LogP contribution in [0.25, 0.3) is 0 Å². The van der Waals surface area contributed by atoms with Crippen molar-refractivity contribution in [2.45, 2.75) is 19.9 Å². The molecule has 0 aliphatic carbocycles. The van der Waals surface area contributed by atoms with Gasteiger partial charge < -0.3 is 15.5 Å². The number of fused-ring (bicyclic) bond motifs is 1. The fourth-order valence-electron chi connectivity index (χ4n) is 3.13. The number of carbonyl (C=O) groups is 3. The lowest BCUT2D eigenvalue weighted by atomic mass is 9.97. The summed E-state index contributed by atoms with van der Waals surface area (Å²) >= 11 is 0. The zero-order valence-corrected chi connectivity index (χ0v) is 15.1. The summed E-state index contributed by atoms with van der Waals surface area (Å²) in [4.78, 5) is 37.4. The molecule has 6 nitrogen and oxygen atoms in total. The second-order valence-electron chi connectivity index (χ2n) is 6.37. The van der Waals surface area contributed by atoms with Gasteiger partial charge in [-0.15, -0.1) is 0 Å². The lowest BCUT2D eigenvalue weighted by Crippen LogP contribution is -2.36. The highest BCUT2D eigenvalue weighted by molar-refractivity contribution is 6.00. The fraction of sp³-hybridized carbons (Fsp3) is 0.190. The molecular weight excluding hydrogens is 342 g/mol. The van der Waals surface area contributed by atoms with Crippen molar-refractivity contribution in [2.24, 2.45) is 0 Å². The first-order valence-electron chi connectivity index (χ1n) is 8.69. The van der Waals surface area contributed by atoms with Crippen molar-refractivity contribution in [1.82, 2.24) is 4.90 Å². The molecule has 0 saturated heterocycles. The van der Waals surface area contributed by atoms with Gasteiger partial charge in [-0.05, 0) is 54.0 Å². The number of amides is 3. The smallest absolute Gasteiger partial charge is 0.254 e. The number of hydrogen-bond acceptors (Lipinski definition) is 3. The second kappa shape index (κ2) is 7.86. The molecule has 2 N–H and O–H groups in total. The Morgan fingerprint density at radius 1 is 1.07 bits per heavy atom. The summed E-state index contributed by atoms with van der Waals surface area (Å²) in [6, 6.07) is 12.6. The van der Waals surface area contributed by atoms with E-state index in [0.717, 1.165) is 23.2 Å². The van der Waals surface area contributed by atoms with Gasteiger partial charge in [0.1, 0.15) is 0 Å². The molecule has 1 aliphatic rings. The number of rotatable bonds is 4. The summed E-state index contributed by atoms with van der Waals surface area (Å²) < 4.78 is 0. The minimum Gasteiger partial charge on any atom is -0.334 e. The van der Waals surface area contributed by atoms with Gasteiger partial charge in [0.25, 0.3) is 5.91 Å². The monoisotopic (exact) mass is 363 g/mol. The maximum Gasteiger partial charge on any atom is 0.254 e. The standard InChI is InChI=1S/C21H21N3O3/c1-3-20(26)23-17-9-7-16(8-10-17)21(27)24-12-11-15-5-4-6-19(18(15)13-24)22-14(2)25/h3-10H,1,11-13H2,2H3,(H,22,25)(H,23,26). The van der Waals surface area contributed by atoms with Gasteiger partial charge in [-0.2, -0.15) is 0 Å². The van der Waals surface area contributed by atoms with Crippen molar-refractivity contribution in [3.8, 4) is 0 Å². The van der Waals surface area contributed by atoms with Crippen LogP contribution in [0.1, 0.15) is 28.4 Å². The Labute approximate surface area is 157 Å². The highest BCUT2D eigenvalue weighted by Gasteiger charge is 2.24. The van der Waals surface area contributed by atoms with Crippen molar-refractivity contribution in [2.75, 3.05) is 17.2 Å². The van der Waals surface area contributed by atoms with E-state index in [2.05, 4.69) is 17.2 Å². The zero-order chi connectivity index (χ0) is 19.4. The number of nitrogens with zero attached hydrogens (tertiary/aromatic N) is 1. The number of carbonyl (C=O) groups excluding carboxylic acids is 3. The van der Waals surface area contributed by atoms with Gasteiger partial charge >= 0.3 is 0 Å². The molecule has 0 atom stereocenters. The van der Waals surface area contributed by atoms with Crippen LogP contribution in [0.15, 0.2) is 55.1 Å². The van der Waals surface area contributed by atoms with E-state index in [1.54, 1.807) is 29.2 Å². The van der Waals surface area contributed by atoms with Gasteiger partial charge in [0.15, 0.2) is 0 Å². The third-order valence-electron chi connectivity index (χ3n) is 4.46. The van der Waals surface area contributed by atoms with Gasteiger partial charge in [-0.3, -0.25) is 14.4 Å². The largest absolute Gasteiger partial charge is 0.334 e. The van der Waals surface area contributed by atoms with Crippen molar-refractivity contribution >= 4 is 29.1 Å². The summed E-state index contributed by atoms with van der Waals surface area (Å²) in [6.07, 6.45) is 1.93. The normalized spacial score (nSPS) is 12.7. The molecule has 27 heavy (non-hydrogen) atoms. The summed E-state index contributed by atoms with van der Waals surface area (Å²) in [5, 5.41) is 5.49. The summed E-state index contributed by atoms with van der Waals surface area (Å²) in [7, 11) is 0. The first-order chi connectivity index (χ1) is 13.0. The van der Waals surface area contributed by atoms with Crippen LogP contribution < -0.4 is 10.6 Å². The van der Waals surface area contributed by atoms with Crippen LogP contribution in [0.5, 0.6) is 0 Å². The number of benzene rings is 2. The molecule has 1 heterocycles. The Bertz CT molecular complexity index is 903. The van der Waals surface area contributed by atoms with E-state index in [-0.39, 0.29) is 17.7 Å². The average Bonchev–Trinajstić information content (AvgIpc) is 2.67. The first-order valence-corrected chi connectivity index (χ1v) is 8.69. The van der Waals surface area contributed by atoms with Crippen LogP contribution >= 0.6 is 0 Å². The number of nitrogens with one attached hydrogen (secondary N) is 2. The summed E-state index contributed by atoms with van der Waals surface area (Å²) in [6.45, 7) is 5.94. The third kappa shape index (κ3) is 4.23. The highest BCUT2D eigenvalue weighted by atomic mass is 16.2. The van der Waals surface area contributed by atoms with Crippen molar-refractivity contribution in [3.05, 3.63) is 71.8 Å². The molecule has 3 rings (SSSR count). The Morgan fingerprint density at radius 2 is 1.81 bits per heavy atom. The predicted molar refractivity (Wildman–Crippen MR) is 104 cm³/mol. The minimum atomic E-state index is -0.299. The molecule has 2 aromatic rings. The third-order valence-corrected chi connectivity index (χ3v) is 4.46. The topological polar surface area (TPSA) is 78.5 Å². The molecule has 138 valence electrons. The van der Waals surface area contributed by atoms with Crippen LogP contribution in [0, 0.1) is 0 Å². The molecule has 2 aromatic carbocycles. The van der Waals surface area contributed by atoms with E-state index in [4.69, 9.17) is 0 Å². The lowest BCUT2D eigenvalue weighted by molar-refractivity contribution is -0.114. The number of hydrogen-bond donors (Lipinski definition) is 2. The van der Waals surface area contributed by atoms with E-state index in [0.29, 0.717) is 24.3 Å². The Morgan fingerprint density at radius 3 is 2.48 bits per heavy atom. The Hall–Kier alpha value is -3.41. The van der Waals surface area contributed by atoms with Gasteiger partial charge in [0.2, 0.25) is 11.8 Å². The lowest BCUT2D eigenvalue weighted by Gasteiger charge is -2.30. The van der Waals surface area contributed by atoms with Crippen molar-refractivity contribution in [1.29, 1.82) is 0 Å². The van der Waals surface area contributed by atoms with Crippen LogP contribution in [0.3, 0.4) is 0 Å². The van der Waals surface area contributed by atoms with Crippen molar-refractivity contribution < 1.29 is 14.4 Å². The van der Waals surface area contributed by atoms with E-state index in [9.17, 15) is 14.4 Å². The second-order valence-corrected chi connectivity index (χ2v) is 6.37. The molecule has 0 bridgehead atoms. The zero-order valence-electron chi connectivity index (χ0n) is 15.1. The molecule has 0 aromatic heterocycles. The van der Waals surface area contributed by atoms with E-state index in [1.165, 1.54) is 13.0 Å². The summed E-state index contributed by atoms with van der Waals surface area (Å²) in [5.74, 6) is -0.517. The molecule has 0 spiro atoms. The fourth-order valence-corrected chi connectivity index (χ4v) is 3.13. The SMILES string of the molecule is C=CC(=O)Nc1ccc(C(=O)N2CCc3cccc(NC(C)=O)c3C2)cc1. The van der Waals surface area contributed by atoms with Crippen LogP contribution in [-0.4, -0.2) is 29.2 Å². The molecule has 0 saturated carbocycles. The molecule has 3 amide bonds. The van der Waals surface area contributed by atoms with Crippen LogP contribution in [-0.2, 0) is 22.6 Å². The van der Waals surface area contributed by atoms with Crippen LogP contribution in [0.4, 0.5) is 11.4 Å². The molecule has 0 fully saturated rings. The number of anilines is 2. The van der Waals surface area contributed by atoms with E-state index < -0.39 is 0 Å². The Kier molecular flexibility index (Phi) is 5.35. The van der Waals surface area contributed by atoms with Gasteiger partial charge in [0.05, 0.1) is 0 Å². The van der Waals surface area contributed by atoms with Crippen LogP contribution in [0.2, 0.25) is 0 Å². The molecule has 6 heteroatoms. The van der Waals surface area contributed by atoms with Gasteiger partial charge in [-0.1, -0.05) is 18.7 Å². The average molecular weight is 363 g/mol. The molecule has 1 aliphatic heterocycles. The molecular formula is C21H21N3O3.